The summed E-state index contributed by atoms with van der Waals surface area (Å²) in [5.41, 5.74) is 5.63. The predicted molar refractivity (Wildman–Crippen MR) is 114 cm³/mol. The Morgan fingerprint density at radius 1 is 1.03 bits per heavy atom. The lowest BCUT2D eigenvalue weighted by molar-refractivity contribution is -0.139. The van der Waals surface area contributed by atoms with E-state index >= 15 is 0 Å². The molecule has 1 atom stereocenters. The van der Waals surface area contributed by atoms with Gasteiger partial charge in [-0.05, 0) is 52.4 Å². The number of carboxylic acids is 1. The Labute approximate surface area is 179 Å². The molecule has 2 N–H and O–H groups in total. The predicted octanol–water partition coefficient (Wildman–Crippen LogP) is 4.67. The summed E-state index contributed by atoms with van der Waals surface area (Å²) in [6.45, 7) is 1.85. The first-order valence-electron chi connectivity index (χ1n) is 10.0. The van der Waals surface area contributed by atoms with Crippen molar-refractivity contribution in [1.82, 2.24) is 5.32 Å². The number of hydrogen-bond donors (Lipinski definition) is 2. The minimum Gasteiger partial charge on any atom is -0.480 e. The number of alkyl carbamates (subject to hydrolysis) is 1. The van der Waals surface area contributed by atoms with E-state index in [2.05, 4.69) is 5.32 Å². The largest absolute Gasteiger partial charge is 0.480 e. The number of nitrogens with one attached hydrogen (secondary N) is 1. The quantitative estimate of drug-likeness (QED) is 0.609. The molecule has 0 spiro atoms. The fraction of sp³-hybridized carbons (Fsp3) is 0.200. The number of aliphatic carboxylic acids is 1. The lowest BCUT2D eigenvalue weighted by atomic mass is 9.98. The zero-order chi connectivity index (χ0) is 22.0. The van der Waals surface area contributed by atoms with E-state index in [1.165, 1.54) is 12.1 Å². The van der Waals surface area contributed by atoms with Crippen LogP contribution < -0.4 is 5.32 Å². The van der Waals surface area contributed by atoms with Crippen LogP contribution in [0.4, 0.5) is 9.18 Å². The molecular weight excluding hydrogens is 397 g/mol. The van der Waals surface area contributed by atoms with Gasteiger partial charge >= 0.3 is 12.1 Å². The van der Waals surface area contributed by atoms with Gasteiger partial charge in [-0.15, -0.1) is 0 Å². The van der Waals surface area contributed by atoms with Crippen molar-refractivity contribution >= 4 is 12.1 Å². The molecular formula is C25H22FNO4. The van der Waals surface area contributed by atoms with E-state index < -0.39 is 23.9 Å². The Morgan fingerprint density at radius 3 is 2.26 bits per heavy atom. The van der Waals surface area contributed by atoms with Crippen LogP contribution in [0.3, 0.4) is 0 Å². The Balaban J connectivity index is 1.45. The first-order chi connectivity index (χ1) is 14.9. The first-order valence-corrected chi connectivity index (χ1v) is 10.0. The number of carboxylic acid groups (broad SMARTS) is 1. The Hall–Kier alpha value is -3.67. The molecule has 0 fully saturated rings. The smallest absolute Gasteiger partial charge is 0.407 e. The molecule has 3 aromatic rings. The Morgan fingerprint density at radius 2 is 1.65 bits per heavy atom. The molecule has 1 aliphatic rings. The molecule has 0 saturated heterocycles. The zero-order valence-corrected chi connectivity index (χ0v) is 17.0. The molecule has 0 aliphatic heterocycles. The summed E-state index contributed by atoms with van der Waals surface area (Å²) >= 11 is 0. The number of benzene rings is 3. The van der Waals surface area contributed by atoms with E-state index in [0.717, 1.165) is 27.8 Å². The third-order valence-electron chi connectivity index (χ3n) is 5.67. The lowest BCUT2D eigenvalue weighted by Gasteiger charge is -2.18. The van der Waals surface area contributed by atoms with E-state index in [0.29, 0.717) is 5.56 Å². The number of amides is 1. The Bertz CT molecular complexity index is 1100. The molecule has 0 aromatic heterocycles. The summed E-state index contributed by atoms with van der Waals surface area (Å²) in [6, 6.07) is 18.9. The third kappa shape index (κ3) is 4.28. The summed E-state index contributed by atoms with van der Waals surface area (Å²) in [4.78, 5) is 24.1. The van der Waals surface area contributed by atoms with Crippen LogP contribution in [0.2, 0.25) is 0 Å². The van der Waals surface area contributed by atoms with Gasteiger partial charge < -0.3 is 15.2 Å². The molecule has 6 heteroatoms. The van der Waals surface area contributed by atoms with Crippen LogP contribution in [0.15, 0.2) is 66.7 Å². The zero-order valence-electron chi connectivity index (χ0n) is 17.0. The van der Waals surface area contributed by atoms with Crippen LogP contribution in [-0.4, -0.2) is 29.8 Å². The van der Waals surface area contributed by atoms with Crippen molar-refractivity contribution in [3.05, 3.63) is 94.8 Å². The van der Waals surface area contributed by atoms with Gasteiger partial charge in [0.15, 0.2) is 0 Å². The molecule has 1 amide bonds. The molecule has 3 aromatic carbocycles. The van der Waals surface area contributed by atoms with Crippen LogP contribution in [0.25, 0.3) is 11.1 Å². The van der Waals surface area contributed by atoms with Gasteiger partial charge in [-0.2, -0.15) is 0 Å². The molecule has 5 nitrogen and oxygen atoms in total. The van der Waals surface area contributed by atoms with Crippen molar-refractivity contribution in [2.24, 2.45) is 0 Å². The number of carbonyl (C=O) groups excluding carboxylic acids is 1. The maximum absolute atomic E-state index is 13.5. The van der Waals surface area contributed by atoms with Crippen molar-refractivity contribution in [1.29, 1.82) is 0 Å². The molecule has 0 radical (unpaired) electrons. The number of ether oxygens (including phenoxy) is 1. The second-order valence-corrected chi connectivity index (χ2v) is 7.64. The monoisotopic (exact) mass is 419 g/mol. The number of hydrogen-bond acceptors (Lipinski definition) is 3. The van der Waals surface area contributed by atoms with Crippen molar-refractivity contribution in [3.8, 4) is 11.1 Å². The van der Waals surface area contributed by atoms with Crippen LogP contribution in [0.1, 0.15) is 28.2 Å². The maximum Gasteiger partial charge on any atom is 0.407 e. The number of carbonyl (C=O) groups is 2. The fourth-order valence-corrected chi connectivity index (χ4v) is 4.06. The topological polar surface area (TPSA) is 75.6 Å². The number of fused-ring (bicyclic) bond motifs is 3. The van der Waals surface area contributed by atoms with Crippen LogP contribution in [-0.2, 0) is 16.0 Å². The standard InChI is InChI=1S/C25H22FNO4/c1-15-10-11-17(26)12-16(15)13-23(24(28)29)27-25(30)31-14-22-20-8-4-2-6-18(20)19-7-3-5-9-21(19)22/h2-12,22-23H,13-14H2,1H3,(H,27,30)(H,28,29). The number of rotatable bonds is 6. The van der Waals surface area contributed by atoms with Gasteiger partial charge in [0, 0.05) is 12.3 Å². The number of aryl methyl sites for hydroxylation is 1. The average Bonchev–Trinajstić information content (AvgIpc) is 3.08. The molecule has 158 valence electrons. The van der Waals surface area contributed by atoms with Gasteiger partial charge in [0.1, 0.15) is 18.5 Å². The maximum atomic E-state index is 13.5. The van der Waals surface area contributed by atoms with Gasteiger partial charge in [-0.1, -0.05) is 54.6 Å². The first kappa shape index (κ1) is 20.6. The summed E-state index contributed by atoms with van der Waals surface area (Å²) in [5.74, 6) is -1.78. The highest BCUT2D eigenvalue weighted by atomic mass is 19.1. The summed E-state index contributed by atoms with van der Waals surface area (Å²) in [5, 5.41) is 11.9. The van der Waals surface area contributed by atoms with Crippen molar-refractivity contribution in [2.75, 3.05) is 6.61 Å². The SMILES string of the molecule is Cc1ccc(F)cc1CC(NC(=O)OCC1c2ccccc2-c2ccccc21)C(=O)O. The highest BCUT2D eigenvalue weighted by Crippen LogP contribution is 2.44. The van der Waals surface area contributed by atoms with Crippen LogP contribution in [0, 0.1) is 12.7 Å². The van der Waals surface area contributed by atoms with Crippen LogP contribution >= 0.6 is 0 Å². The van der Waals surface area contributed by atoms with Crippen molar-refractivity contribution < 1.29 is 23.8 Å². The van der Waals surface area contributed by atoms with E-state index in [9.17, 15) is 19.1 Å². The van der Waals surface area contributed by atoms with Gasteiger partial charge in [0.05, 0.1) is 0 Å². The van der Waals surface area contributed by atoms with Gasteiger partial charge in [-0.25, -0.2) is 14.0 Å². The molecule has 1 unspecified atom stereocenters. The van der Waals surface area contributed by atoms with E-state index in [1.807, 2.05) is 48.5 Å². The second-order valence-electron chi connectivity index (χ2n) is 7.64. The molecule has 0 bridgehead atoms. The van der Waals surface area contributed by atoms with Crippen LogP contribution in [0.5, 0.6) is 0 Å². The van der Waals surface area contributed by atoms with Gasteiger partial charge in [-0.3, -0.25) is 0 Å². The van der Waals surface area contributed by atoms with Gasteiger partial charge in [0.25, 0.3) is 0 Å². The Kier molecular flexibility index (Phi) is 5.71. The summed E-state index contributed by atoms with van der Waals surface area (Å²) in [7, 11) is 0. The minimum absolute atomic E-state index is 0.0386. The molecule has 0 saturated carbocycles. The molecule has 0 heterocycles. The van der Waals surface area contributed by atoms with Gasteiger partial charge in [0.2, 0.25) is 0 Å². The average molecular weight is 419 g/mol. The van der Waals surface area contributed by atoms with Crippen molar-refractivity contribution in [2.45, 2.75) is 25.3 Å². The second kappa shape index (κ2) is 8.60. The highest BCUT2D eigenvalue weighted by Gasteiger charge is 2.29. The molecule has 4 rings (SSSR count). The lowest BCUT2D eigenvalue weighted by Crippen LogP contribution is -2.43. The van der Waals surface area contributed by atoms with E-state index in [-0.39, 0.29) is 18.9 Å². The fourth-order valence-electron chi connectivity index (χ4n) is 4.06. The molecule has 31 heavy (non-hydrogen) atoms. The number of halogens is 1. The third-order valence-corrected chi connectivity index (χ3v) is 5.67. The highest BCUT2D eigenvalue weighted by molar-refractivity contribution is 5.81. The summed E-state index contributed by atoms with van der Waals surface area (Å²) < 4.78 is 19.0. The van der Waals surface area contributed by atoms with E-state index in [1.54, 1.807) is 13.0 Å². The molecule has 1 aliphatic carbocycles. The summed E-state index contributed by atoms with van der Waals surface area (Å²) in [6.07, 6.45) is -0.855. The van der Waals surface area contributed by atoms with Crippen molar-refractivity contribution in [3.63, 3.8) is 0 Å². The minimum atomic E-state index is -1.23. The normalized spacial score (nSPS) is 13.2. The van der Waals surface area contributed by atoms with E-state index in [4.69, 9.17) is 4.74 Å².